The lowest BCUT2D eigenvalue weighted by Gasteiger charge is -2.28. The molecule has 174 valence electrons. The average molecular weight is 476 g/mol. The minimum Gasteiger partial charge on any atom is -0.489 e. The van der Waals surface area contributed by atoms with Gasteiger partial charge in [-0.1, -0.05) is 80.0 Å². The van der Waals surface area contributed by atoms with Crippen LogP contribution in [0.5, 0.6) is 5.75 Å². The summed E-state index contributed by atoms with van der Waals surface area (Å²) in [6.07, 6.45) is 0. The number of halogens is 1. The number of aromatic nitrogens is 2. The lowest BCUT2D eigenvalue weighted by atomic mass is 9.86. The fraction of sp³-hybridized carbons (Fsp3) is 0.222. The van der Waals surface area contributed by atoms with Crippen LogP contribution in [0.15, 0.2) is 83.4 Å². The standard InChI is InChI=1S/C27H26ClN3O3/c1-27(2,3)23(26-30-24(31-34-26)19-7-5-4-6-8-19)29-25(32)20-11-15-22(16-12-20)33-17-18-9-13-21(28)14-10-18/h4-16,23H,17H2,1-3H3,(H,29,32)/t23-/m0/s1. The second-order valence-corrected chi connectivity index (χ2v) is 9.47. The first-order valence-electron chi connectivity index (χ1n) is 11.0. The van der Waals surface area contributed by atoms with E-state index < -0.39 is 6.04 Å². The van der Waals surface area contributed by atoms with Gasteiger partial charge in [-0.3, -0.25) is 4.79 Å². The van der Waals surface area contributed by atoms with Crippen molar-refractivity contribution in [1.29, 1.82) is 0 Å². The molecule has 1 N–H and O–H groups in total. The van der Waals surface area contributed by atoms with Gasteiger partial charge in [-0.15, -0.1) is 0 Å². The van der Waals surface area contributed by atoms with E-state index in [9.17, 15) is 4.79 Å². The first-order chi connectivity index (χ1) is 16.3. The molecule has 0 radical (unpaired) electrons. The molecule has 1 heterocycles. The molecule has 1 aromatic heterocycles. The second kappa shape index (κ2) is 10.1. The summed E-state index contributed by atoms with van der Waals surface area (Å²) in [5.74, 6) is 1.29. The predicted molar refractivity (Wildman–Crippen MR) is 132 cm³/mol. The summed E-state index contributed by atoms with van der Waals surface area (Å²) in [5.41, 5.74) is 2.02. The van der Waals surface area contributed by atoms with Crippen molar-refractivity contribution in [2.75, 3.05) is 0 Å². The summed E-state index contributed by atoms with van der Waals surface area (Å²) in [6.45, 7) is 6.45. The molecule has 0 spiro atoms. The zero-order chi connectivity index (χ0) is 24.1. The molecule has 0 aliphatic rings. The Labute approximate surface area is 203 Å². The number of ether oxygens (including phenoxy) is 1. The van der Waals surface area contributed by atoms with Gasteiger partial charge in [0, 0.05) is 16.1 Å². The Hall–Kier alpha value is -3.64. The van der Waals surface area contributed by atoms with Crippen molar-refractivity contribution in [3.05, 3.63) is 101 Å². The quantitative estimate of drug-likeness (QED) is 0.330. The van der Waals surface area contributed by atoms with Gasteiger partial charge in [0.25, 0.3) is 5.91 Å². The zero-order valence-electron chi connectivity index (χ0n) is 19.3. The summed E-state index contributed by atoms with van der Waals surface area (Å²) in [6, 6.07) is 23.6. The number of nitrogens with zero attached hydrogens (tertiary/aromatic N) is 2. The van der Waals surface area contributed by atoms with Gasteiger partial charge in [-0.2, -0.15) is 4.98 Å². The smallest absolute Gasteiger partial charge is 0.251 e. The van der Waals surface area contributed by atoms with Gasteiger partial charge in [0.1, 0.15) is 18.4 Å². The molecule has 34 heavy (non-hydrogen) atoms. The average Bonchev–Trinajstić information content (AvgIpc) is 3.32. The summed E-state index contributed by atoms with van der Waals surface area (Å²) in [5, 5.41) is 7.83. The van der Waals surface area contributed by atoms with E-state index in [4.69, 9.17) is 20.9 Å². The Morgan fingerprint density at radius 1 is 1.00 bits per heavy atom. The molecule has 7 heteroatoms. The monoisotopic (exact) mass is 475 g/mol. The van der Waals surface area contributed by atoms with Crippen molar-refractivity contribution in [2.45, 2.75) is 33.4 Å². The highest BCUT2D eigenvalue weighted by Gasteiger charge is 2.33. The molecule has 1 amide bonds. The van der Waals surface area contributed by atoms with Crippen molar-refractivity contribution >= 4 is 17.5 Å². The van der Waals surface area contributed by atoms with Crippen LogP contribution in [0.1, 0.15) is 48.6 Å². The Morgan fingerprint density at radius 2 is 1.68 bits per heavy atom. The maximum absolute atomic E-state index is 13.0. The Kier molecular flexibility index (Phi) is 6.98. The Morgan fingerprint density at radius 3 is 2.32 bits per heavy atom. The van der Waals surface area contributed by atoms with Gasteiger partial charge in [0.15, 0.2) is 0 Å². The largest absolute Gasteiger partial charge is 0.489 e. The predicted octanol–water partition coefficient (Wildman–Crippen LogP) is 6.49. The van der Waals surface area contributed by atoms with Crippen molar-refractivity contribution in [3.8, 4) is 17.1 Å². The number of rotatable bonds is 7. The third-order valence-corrected chi connectivity index (χ3v) is 5.55. The van der Waals surface area contributed by atoms with Crippen molar-refractivity contribution in [2.24, 2.45) is 5.41 Å². The van der Waals surface area contributed by atoms with Crippen molar-refractivity contribution in [3.63, 3.8) is 0 Å². The number of benzene rings is 3. The fourth-order valence-electron chi connectivity index (χ4n) is 3.37. The van der Waals surface area contributed by atoms with E-state index in [1.165, 1.54) is 0 Å². The maximum Gasteiger partial charge on any atom is 0.251 e. The molecule has 0 saturated heterocycles. The van der Waals surface area contributed by atoms with Crippen LogP contribution in [0, 0.1) is 5.41 Å². The SMILES string of the molecule is CC(C)(C)[C@@H](NC(=O)c1ccc(OCc2ccc(Cl)cc2)cc1)c1nc(-c2ccccc2)no1. The fourth-order valence-corrected chi connectivity index (χ4v) is 3.50. The number of hydrogen-bond donors (Lipinski definition) is 1. The molecule has 0 fully saturated rings. The van der Waals surface area contributed by atoms with Gasteiger partial charge < -0.3 is 14.6 Å². The van der Waals surface area contributed by atoms with E-state index in [1.807, 2.05) is 75.4 Å². The van der Waals surface area contributed by atoms with Gasteiger partial charge in [-0.05, 0) is 47.4 Å². The first-order valence-corrected chi connectivity index (χ1v) is 11.3. The molecular formula is C27H26ClN3O3. The molecule has 0 saturated carbocycles. The first kappa shape index (κ1) is 23.5. The molecule has 0 unspecified atom stereocenters. The van der Waals surface area contributed by atoms with Crippen molar-refractivity contribution < 1.29 is 14.1 Å². The van der Waals surface area contributed by atoms with E-state index in [-0.39, 0.29) is 11.3 Å². The van der Waals surface area contributed by atoms with E-state index in [2.05, 4.69) is 15.5 Å². The topological polar surface area (TPSA) is 77.2 Å². The number of carbonyl (C=O) groups is 1. The van der Waals surface area contributed by atoms with Crippen LogP contribution in [0.2, 0.25) is 5.02 Å². The molecule has 3 aromatic carbocycles. The zero-order valence-corrected chi connectivity index (χ0v) is 20.0. The van der Waals surface area contributed by atoms with Gasteiger partial charge in [0.2, 0.25) is 11.7 Å². The van der Waals surface area contributed by atoms with Crippen LogP contribution in [0.25, 0.3) is 11.4 Å². The van der Waals surface area contributed by atoms with Crippen molar-refractivity contribution in [1.82, 2.24) is 15.5 Å². The van der Waals surface area contributed by atoms with Gasteiger partial charge in [-0.25, -0.2) is 0 Å². The van der Waals surface area contributed by atoms with Crippen LogP contribution in [-0.4, -0.2) is 16.0 Å². The van der Waals surface area contributed by atoms with E-state index in [0.717, 1.165) is 11.1 Å². The number of nitrogens with one attached hydrogen (secondary N) is 1. The molecule has 0 bridgehead atoms. The molecule has 4 rings (SSSR count). The number of hydrogen-bond acceptors (Lipinski definition) is 5. The van der Waals surface area contributed by atoms with Crippen LogP contribution >= 0.6 is 11.6 Å². The number of carbonyl (C=O) groups excluding carboxylic acids is 1. The molecule has 6 nitrogen and oxygen atoms in total. The lowest BCUT2D eigenvalue weighted by Crippen LogP contribution is -2.36. The molecular weight excluding hydrogens is 450 g/mol. The van der Waals surface area contributed by atoms with E-state index in [1.54, 1.807) is 24.3 Å². The highest BCUT2D eigenvalue weighted by Crippen LogP contribution is 2.33. The lowest BCUT2D eigenvalue weighted by molar-refractivity contribution is 0.0880. The summed E-state index contributed by atoms with van der Waals surface area (Å²) < 4.78 is 11.3. The van der Waals surface area contributed by atoms with Crippen LogP contribution in [-0.2, 0) is 6.61 Å². The Balaban J connectivity index is 1.44. The summed E-state index contributed by atoms with van der Waals surface area (Å²) in [4.78, 5) is 17.6. The maximum atomic E-state index is 13.0. The Bertz CT molecular complexity index is 1230. The highest BCUT2D eigenvalue weighted by molar-refractivity contribution is 6.30. The number of amides is 1. The van der Waals surface area contributed by atoms with Crippen LogP contribution in [0.3, 0.4) is 0 Å². The second-order valence-electron chi connectivity index (χ2n) is 9.03. The third kappa shape index (κ3) is 5.83. The summed E-state index contributed by atoms with van der Waals surface area (Å²) in [7, 11) is 0. The van der Waals surface area contributed by atoms with Crippen LogP contribution < -0.4 is 10.1 Å². The molecule has 0 aliphatic carbocycles. The van der Waals surface area contributed by atoms with E-state index >= 15 is 0 Å². The highest BCUT2D eigenvalue weighted by atomic mass is 35.5. The minimum absolute atomic E-state index is 0.233. The normalized spacial score (nSPS) is 12.2. The third-order valence-electron chi connectivity index (χ3n) is 5.30. The van der Waals surface area contributed by atoms with Gasteiger partial charge >= 0.3 is 0 Å². The van der Waals surface area contributed by atoms with Crippen LogP contribution in [0.4, 0.5) is 0 Å². The summed E-state index contributed by atoms with van der Waals surface area (Å²) >= 11 is 5.92. The molecule has 0 aliphatic heterocycles. The molecule has 4 aromatic rings. The minimum atomic E-state index is -0.467. The van der Waals surface area contributed by atoms with Gasteiger partial charge in [0.05, 0.1) is 0 Å². The molecule has 1 atom stereocenters. The van der Waals surface area contributed by atoms with E-state index in [0.29, 0.717) is 34.7 Å².